The lowest BCUT2D eigenvalue weighted by Crippen LogP contribution is -2.40. The van der Waals surface area contributed by atoms with Gasteiger partial charge in [-0.05, 0) is 35.9 Å². The van der Waals surface area contributed by atoms with Gasteiger partial charge in [-0.25, -0.2) is 14.6 Å². The predicted octanol–water partition coefficient (Wildman–Crippen LogP) is 3.18. The molecule has 5 heterocycles. The lowest BCUT2D eigenvalue weighted by atomic mass is 10.0. The SMILES string of the molecule is c1cc(C2COCCN2c2nc(-c3ccncc3)c3[nH]ncc3n2)cc(-n2cccn2)c1. The Hall–Kier alpha value is -4.11. The Morgan fingerprint density at radius 1 is 1.03 bits per heavy atom. The molecule has 1 aliphatic rings. The largest absolute Gasteiger partial charge is 0.377 e. The number of anilines is 1. The van der Waals surface area contributed by atoms with Gasteiger partial charge in [0.05, 0.1) is 31.1 Å². The zero-order valence-electron chi connectivity index (χ0n) is 17.2. The van der Waals surface area contributed by atoms with Crippen LogP contribution in [0.2, 0.25) is 0 Å². The molecule has 9 nitrogen and oxygen atoms in total. The van der Waals surface area contributed by atoms with Gasteiger partial charge in [-0.3, -0.25) is 10.1 Å². The molecule has 0 radical (unpaired) electrons. The number of H-pyrrole nitrogens is 1. The summed E-state index contributed by atoms with van der Waals surface area (Å²) >= 11 is 0. The molecule has 158 valence electrons. The van der Waals surface area contributed by atoms with Crippen LogP contribution < -0.4 is 4.90 Å². The van der Waals surface area contributed by atoms with Gasteiger partial charge in [-0.15, -0.1) is 0 Å². The fraction of sp³-hybridized carbons (Fsp3) is 0.174. The number of pyridine rings is 1. The van der Waals surface area contributed by atoms with E-state index in [1.165, 1.54) is 0 Å². The first-order valence-corrected chi connectivity index (χ1v) is 10.4. The number of fused-ring (bicyclic) bond motifs is 1. The van der Waals surface area contributed by atoms with Crippen molar-refractivity contribution in [3.05, 3.63) is 79.0 Å². The van der Waals surface area contributed by atoms with Gasteiger partial charge in [0, 0.05) is 36.9 Å². The Balaban J connectivity index is 1.44. The van der Waals surface area contributed by atoms with Gasteiger partial charge >= 0.3 is 0 Å². The molecular weight excluding hydrogens is 404 g/mol. The van der Waals surface area contributed by atoms with Crippen LogP contribution in [0.15, 0.2) is 73.4 Å². The monoisotopic (exact) mass is 424 g/mol. The summed E-state index contributed by atoms with van der Waals surface area (Å²) in [5.74, 6) is 0.656. The highest BCUT2D eigenvalue weighted by molar-refractivity contribution is 5.89. The number of ether oxygens (including phenoxy) is 1. The van der Waals surface area contributed by atoms with E-state index in [0.29, 0.717) is 25.7 Å². The highest BCUT2D eigenvalue weighted by atomic mass is 16.5. The van der Waals surface area contributed by atoms with E-state index in [1.807, 2.05) is 41.2 Å². The number of morpholine rings is 1. The molecule has 4 aromatic heterocycles. The summed E-state index contributed by atoms with van der Waals surface area (Å²) < 4.78 is 7.71. The van der Waals surface area contributed by atoms with Gasteiger partial charge in [0.15, 0.2) is 0 Å². The van der Waals surface area contributed by atoms with Gasteiger partial charge in [0.2, 0.25) is 5.95 Å². The van der Waals surface area contributed by atoms with Crippen molar-refractivity contribution < 1.29 is 4.74 Å². The molecule has 1 atom stereocenters. The molecule has 0 amide bonds. The second-order valence-electron chi connectivity index (χ2n) is 7.57. The summed E-state index contributed by atoms with van der Waals surface area (Å²) in [5, 5.41) is 11.6. The molecule has 0 spiro atoms. The fourth-order valence-corrected chi connectivity index (χ4v) is 4.09. The second-order valence-corrected chi connectivity index (χ2v) is 7.57. The Bertz CT molecular complexity index is 1350. The normalized spacial score (nSPS) is 16.5. The average Bonchev–Trinajstić information content (AvgIpc) is 3.56. The highest BCUT2D eigenvalue weighted by Gasteiger charge is 2.28. The van der Waals surface area contributed by atoms with E-state index in [1.54, 1.807) is 24.8 Å². The highest BCUT2D eigenvalue weighted by Crippen LogP contribution is 2.32. The van der Waals surface area contributed by atoms with Crippen LogP contribution in [0.5, 0.6) is 0 Å². The standard InChI is InChI=1S/C23H20N8O/c1-3-17(13-18(4-1)31-10-2-7-26-31)20-15-32-12-11-30(20)23-27-19-14-25-29-22(19)21(28-23)16-5-8-24-9-6-16/h1-10,13-14,20H,11-12,15H2,(H,25,29). The number of rotatable bonds is 4. The van der Waals surface area contributed by atoms with Crippen molar-refractivity contribution in [3.63, 3.8) is 0 Å². The number of hydrogen-bond donors (Lipinski definition) is 1. The number of nitrogens with one attached hydrogen (secondary N) is 1. The summed E-state index contributed by atoms with van der Waals surface area (Å²) in [5.41, 5.74) is 5.48. The number of nitrogens with zero attached hydrogens (tertiary/aromatic N) is 7. The van der Waals surface area contributed by atoms with Crippen LogP contribution in [0.25, 0.3) is 28.0 Å². The van der Waals surface area contributed by atoms with Crippen LogP contribution in [-0.4, -0.2) is 54.7 Å². The molecule has 1 fully saturated rings. The maximum absolute atomic E-state index is 5.86. The third-order valence-electron chi connectivity index (χ3n) is 5.65. The van der Waals surface area contributed by atoms with Crippen LogP contribution in [0, 0.1) is 0 Å². The molecule has 1 aromatic carbocycles. The summed E-state index contributed by atoms with van der Waals surface area (Å²) in [6, 6.07) is 14.1. The molecule has 0 aliphatic carbocycles. The van der Waals surface area contributed by atoms with E-state index in [-0.39, 0.29) is 6.04 Å². The van der Waals surface area contributed by atoms with Crippen LogP contribution >= 0.6 is 0 Å². The molecule has 6 rings (SSSR count). The van der Waals surface area contributed by atoms with Crippen LogP contribution in [0.4, 0.5) is 5.95 Å². The Morgan fingerprint density at radius 3 is 2.84 bits per heavy atom. The number of hydrogen-bond acceptors (Lipinski definition) is 7. The third kappa shape index (κ3) is 3.28. The Labute approximate surface area is 183 Å². The molecule has 1 aliphatic heterocycles. The Morgan fingerprint density at radius 2 is 1.97 bits per heavy atom. The molecule has 32 heavy (non-hydrogen) atoms. The number of benzene rings is 1. The van der Waals surface area contributed by atoms with Crippen LogP contribution in [-0.2, 0) is 4.74 Å². The van der Waals surface area contributed by atoms with Crippen molar-refractivity contribution in [2.24, 2.45) is 0 Å². The first kappa shape index (κ1) is 18.6. The maximum Gasteiger partial charge on any atom is 0.227 e. The van der Waals surface area contributed by atoms with Crippen molar-refractivity contribution in [3.8, 4) is 16.9 Å². The van der Waals surface area contributed by atoms with Crippen molar-refractivity contribution in [2.75, 3.05) is 24.7 Å². The Kier molecular flexibility index (Phi) is 4.58. The van der Waals surface area contributed by atoms with Gasteiger partial charge in [-0.2, -0.15) is 10.2 Å². The van der Waals surface area contributed by atoms with Gasteiger partial charge < -0.3 is 9.64 Å². The summed E-state index contributed by atoms with van der Waals surface area (Å²) in [6.07, 6.45) is 8.97. The molecule has 9 heteroatoms. The van der Waals surface area contributed by atoms with Crippen molar-refractivity contribution >= 4 is 17.0 Å². The van der Waals surface area contributed by atoms with Crippen molar-refractivity contribution in [1.82, 2.24) is 34.9 Å². The van der Waals surface area contributed by atoms with Crippen LogP contribution in [0.1, 0.15) is 11.6 Å². The molecule has 0 bridgehead atoms. The fourth-order valence-electron chi connectivity index (χ4n) is 4.09. The van der Waals surface area contributed by atoms with Gasteiger partial charge in [0.1, 0.15) is 16.7 Å². The van der Waals surface area contributed by atoms with E-state index in [4.69, 9.17) is 14.7 Å². The molecule has 1 N–H and O–H groups in total. The molecule has 5 aromatic rings. The zero-order chi connectivity index (χ0) is 21.3. The molecular formula is C23H20N8O. The topological polar surface area (TPSA) is 97.6 Å². The quantitative estimate of drug-likeness (QED) is 0.473. The summed E-state index contributed by atoms with van der Waals surface area (Å²) in [7, 11) is 0. The zero-order valence-corrected chi connectivity index (χ0v) is 17.2. The molecule has 1 unspecified atom stereocenters. The number of aromatic nitrogens is 7. The van der Waals surface area contributed by atoms with E-state index >= 15 is 0 Å². The number of aromatic amines is 1. The van der Waals surface area contributed by atoms with E-state index in [2.05, 4.69) is 37.3 Å². The minimum Gasteiger partial charge on any atom is -0.377 e. The average molecular weight is 424 g/mol. The minimum absolute atomic E-state index is 0.0195. The third-order valence-corrected chi connectivity index (χ3v) is 5.65. The lowest BCUT2D eigenvalue weighted by molar-refractivity contribution is 0.0933. The first-order valence-electron chi connectivity index (χ1n) is 10.4. The van der Waals surface area contributed by atoms with E-state index in [9.17, 15) is 0 Å². The van der Waals surface area contributed by atoms with Crippen molar-refractivity contribution in [2.45, 2.75) is 6.04 Å². The van der Waals surface area contributed by atoms with E-state index < -0.39 is 0 Å². The lowest BCUT2D eigenvalue weighted by Gasteiger charge is -2.36. The van der Waals surface area contributed by atoms with Gasteiger partial charge in [-0.1, -0.05) is 12.1 Å². The van der Waals surface area contributed by atoms with Gasteiger partial charge in [0.25, 0.3) is 0 Å². The predicted molar refractivity (Wildman–Crippen MR) is 119 cm³/mol. The van der Waals surface area contributed by atoms with E-state index in [0.717, 1.165) is 33.5 Å². The first-order chi connectivity index (χ1) is 15.9. The summed E-state index contributed by atoms with van der Waals surface area (Å²) in [4.78, 5) is 16.1. The smallest absolute Gasteiger partial charge is 0.227 e. The molecule has 0 saturated carbocycles. The maximum atomic E-state index is 5.86. The van der Waals surface area contributed by atoms with Crippen LogP contribution in [0.3, 0.4) is 0 Å². The minimum atomic E-state index is -0.0195. The second kappa shape index (κ2) is 7.86. The van der Waals surface area contributed by atoms with Crippen molar-refractivity contribution in [1.29, 1.82) is 0 Å². The molecule has 1 saturated heterocycles. The summed E-state index contributed by atoms with van der Waals surface area (Å²) in [6.45, 7) is 1.86.